The van der Waals surface area contributed by atoms with Gasteiger partial charge in [0.05, 0.1) is 12.2 Å². The van der Waals surface area contributed by atoms with Crippen LogP contribution in [0.25, 0.3) is 11.4 Å². The number of nitrogens with zero attached hydrogens (tertiary/aromatic N) is 3. The van der Waals surface area contributed by atoms with Gasteiger partial charge in [-0.2, -0.15) is 0 Å². The van der Waals surface area contributed by atoms with Crippen molar-refractivity contribution in [2.75, 3.05) is 13.6 Å². The highest BCUT2D eigenvalue weighted by Gasteiger charge is 2.13. The molecule has 0 aromatic carbocycles. The Morgan fingerprint density at radius 1 is 1.17 bits per heavy atom. The van der Waals surface area contributed by atoms with Crippen LogP contribution in [0.2, 0.25) is 0 Å². The zero-order valence-electron chi connectivity index (χ0n) is 14.4. The van der Waals surface area contributed by atoms with E-state index in [-0.39, 0.29) is 0 Å². The molecule has 3 heterocycles. The van der Waals surface area contributed by atoms with Crippen LogP contribution in [0.1, 0.15) is 36.5 Å². The molecule has 1 unspecified atom stereocenters. The molecule has 1 atom stereocenters. The summed E-state index contributed by atoms with van der Waals surface area (Å²) >= 11 is 0. The van der Waals surface area contributed by atoms with Crippen molar-refractivity contribution in [1.82, 2.24) is 15.0 Å². The normalized spacial score (nSPS) is 12.7. The third kappa shape index (κ3) is 4.11. The van der Waals surface area contributed by atoms with Crippen LogP contribution in [0.3, 0.4) is 0 Å². The van der Waals surface area contributed by atoms with Gasteiger partial charge in [-0.25, -0.2) is 0 Å². The Kier molecular flexibility index (Phi) is 5.11. The Morgan fingerprint density at radius 2 is 2.04 bits per heavy atom. The van der Waals surface area contributed by atoms with Gasteiger partial charge in [0, 0.05) is 18.2 Å². The second kappa shape index (κ2) is 7.45. The van der Waals surface area contributed by atoms with Crippen molar-refractivity contribution in [3.8, 4) is 11.4 Å². The maximum Gasteiger partial charge on any atom is 0.151 e. The molecule has 3 aromatic heterocycles. The SMILES string of the molecule is Cc1ccc(C(C)CCN(C)Cc2cc(-c3ccccn3)no2)o1. The molecule has 0 N–H and O–H groups in total. The van der Waals surface area contributed by atoms with E-state index >= 15 is 0 Å². The molecule has 0 spiro atoms. The Morgan fingerprint density at radius 3 is 2.75 bits per heavy atom. The van der Waals surface area contributed by atoms with Crippen LogP contribution in [0.4, 0.5) is 0 Å². The van der Waals surface area contributed by atoms with Crippen LogP contribution in [0.15, 0.2) is 51.5 Å². The van der Waals surface area contributed by atoms with E-state index in [0.29, 0.717) is 5.92 Å². The fourth-order valence-electron chi connectivity index (χ4n) is 2.64. The van der Waals surface area contributed by atoms with Gasteiger partial charge in [-0.1, -0.05) is 18.1 Å². The standard InChI is InChI=1S/C19H23N3O2/c1-14(19-8-7-15(2)23-19)9-11-22(3)13-16-12-18(21-24-16)17-6-4-5-10-20-17/h4-8,10,12,14H,9,11,13H2,1-3H3. The number of aryl methyl sites for hydroxylation is 1. The minimum absolute atomic E-state index is 0.403. The van der Waals surface area contributed by atoms with Gasteiger partial charge in [0.15, 0.2) is 5.76 Å². The zero-order chi connectivity index (χ0) is 16.9. The summed E-state index contributed by atoms with van der Waals surface area (Å²) in [5, 5.41) is 4.11. The van der Waals surface area contributed by atoms with Gasteiger partial charge in [-0.15, -0.1) is 0 Å². The van der Waals surface area contributed by atoms with Gasteiger partial charge in [-0.05, 0) is 51.2 Å². The summed E-state index contributed by atoms with van der Waals surface area (Å²) in [7, 11) is 2.09. The molecule has 0 aliphatic heterocycles. The van der Waals surface area contributed by atoms with E-state index in [0.717, 1.165) is 48.2 Å². The van der Waals surface area contributed by atoms with E-state index in [1.807, 2.05) is 37.3 Å². The van der Waals surface area contributed by atoms with Crippen LogP contribution in [-0.4, -0.2) is 28.6 Å². The highest BCUT2D eigenvalue weighted by molar-refractivity contribution is 5.52. The monoisotopic (exact) mass is 325 g/mol. The van der Waals surface area contributed by atoms with Gasteiger partial charge in [0.2, 0.25) is 0 Å². The van der Waals surface area contributed by atoms with Crippen LogP contribution in [-0.2, 0) is 6.54 Å². The summed E-state index contributed by atoms with van der Waals surface area (Å²) in [5.74, 6) is 3.27. The Balaban J connectivity index is 1.52. The van der Waals surface area contributed by atoms with Gasteiger partial charge in [0.25, 0.3) is 0 Å². The summed E-state index contributed by atoms with van der Waals surface area (Å²) in [6.45, 7) is 5.86. The lowest BCUT2D eigenvalue weighted by molar-refractivity contribution is 0.262. The maximum absolute atomic E-state index is 5.69. The van der Waals surface area contributed by atoms with Crippen molar-refractivity contribution in [2.45, 2.75) is 32.7 Å². The van der Waals surface area contributed by atoms with Crippen molar-refractivity contribution >= 4 is 0 Å². The second-order valence-corrected chi connectivity index (χ2v) is 6.27. The van der Waals surface area contributed by atoms with E-state index in [1.165, 1.54) is 0 Å². The molecule has 0 bridgehead atoms. The lowest BCUT2D eigenvalue weighted by Gasteiger charge is -2.17. The number of rotatable bonds is 7. The van der Waals surface area contributed by atoms with E-state index < -0.39 is 0 Å². The highest BCUT2D eigenvalue weighted by atomic mass is 16.5. The number of furan rings is 1. The first-order valence-electron chi connectivity index (χ1n) is 8.23. The fraction of sp³-hybridized carbons (Fsp3) is 0.368. The Labute approximate surface area is 142 Å². The molecule has 0 aliphatic rings. The largest absolute Gasteiger partial charge is 0.466 e. The van der Waals surface area contributed by atoms with Crippen molar-refractivity contribution in [3.05, 3.63) is 59.9 Å². The molecule has 0 amide bonds. The van der Waals surface area contributed by atoms with E-state index in [1.54, 1.807) is 6.20 Å². The zero-order valence-corrected chi connectivity index (χ0v) is 14.4. The predicted molar refractivity (Wildman–Crippen MR) is 92.5 cm³/mol. The molecule has 24 heavy (non-hydrogen) atoms. The van der Waals surface area contributed by atoms with Crippen LogP contribution in [0.5, 0.6) is 0 Å². The quantitative estimate of drug-likeness (QED) is 0.649. The first-order valence-corrected chi connectivity index (χ1v) is 8.23. The molecule has 0 aliphatic carbocycles. The average molecular weight is 325 g/mol. The van der Waals surface area contributed by atoms with Gasteiger partial charge in [0.1, 0.15) is 17.2 Å². The number of hydrogen-bond acceptors (Lipinski definition) is 5. The molecule has 3 rings (SSSR count). The minimum Gasteiger partial charge on any atom is -0.466 e. The van der Waals surface area contributed by atoms with E-state index in [2.05, 4.69) is 35.1 Å². The molecule has 3 aromatic rings. The molecule has 0 radical (unpaired) electrons. The van der Waals surface area contributed by atoms with Gasteiger partial charge >= 0.3 is 0 Å². The molecule has 0 saturated heterocycles. The second-order valence-electron chi connectivity index (χ2n) is 6.27. The lowest BCUT2D eigenvalue weighted by atomic mass is 10.1. The van der Waals surface area contributed by atoms with Crippen molar-refractivity contribution in [1.29, 1.82) is 0 Å². The molecular formula is C19H23N3O2. The van der Waals surface area contributed by atoms with Crippen LogP contribution < -0.4 is 0 Å². The molecule has 126 valence electrons. The minimum atomic E-state index is 0.403. The highest BCUT2D eigenvalue weighted by Crippen LogP contribution is 2.22. The van der Waals surface area contributed by atoms with Crippen molar-refractivity contribution < 1.29 is 8.94 Å². The summed E-state index contributed by atoms with van der Waals surface area (Å²) in [4.78, 5) is 6.52. The Hall–Kier alpha value is -2.40. The van der Waals surface area contributed by atoms with Crippen LogP contribution >= 0.6 is 0 Å². The lowest BCUT2D eigenvalue weighted by Crippen LogP contribution is -2.20. The molecular weight excluding hydrogens is 302 g/mol. The van der Waals surface area contributed by atoms with Crippen LogP contribution in [0, 0.1) is 6.92 Å². The third-order valence-corrected chi connectivity index (χ3v) is 4.10. The number of aromatic nitrogens is 2. The van der Waals surface area contributed by atoms with Gasteiger partial charge < -0.3 is 8.94 Å². The summed E-state index contributed by atoms with van der Waals surface area (Å²) < 4.78 is 11.1. The molecule has 5 heteroatoms. The smallest absolute Gasteiger partial charge is 0.151 e. The Bertz CT molecular complexity index is 764. The summed E-state index contributed by atoms with van der Waals surface area (Å²) in [6, 6.07) is 11.8. The van der Waals surface area contributed by atoms with Crippen molar-refractivity contribution in [2.24, 2.45) is 0 Å². The number of pyridine rings is 1. The number of hydrogen-bond donors (Lipinski definition) is 0. The van der Waals surface area contributed by atoms with Crippen molar-refractivity contribution in [3.63, 3.8) is 0 Å². The molecule has 0 fully saturated rings. The predicted octanol–water partition coefficient (Wildman–Crippen LogP) is 4.26. The van der Waals surface area contributed by atoms with E-state index in [9.17, 15) is 0 Å². The average Bonchev–Trinajstić information content (AvgIpc) is 3.23. The third-order valence-electron chi connectivity index (χ3n) is 4.10. The topological polar surface area (TPSA) is 55.3 Å². The first kappa shape index (κ1) is 16.5. The summed E-state index contributed by atoms with van der Waals surface area (Å²) in [6.07, 6.45) is 2.79. The maximum atomic E-state index is 5.69. The first-order chi connectivity index (χ1) is 11.6. The summed E-state index contributed by atoms with van der Waals surface area (Å²) in [5.41, 5.74) is 1.61. The molecule has 0 saturated carbocycles. The fourth-order valence-corrected chi connectivity index (χ4v) is 2.64. The van der Waals surface area contributed by atoms with E-state index in [4.69, 9.17) is 8.94 Å². The van der Waals surface area contributed by atoms with Gasteiger partial charge in [-0.3, -0.25) is 9.88 Å². The molecule has 5 nitrogen and oxygen atoms in total.